The van der Waals surface area contributed by atoms with Crippen molar-refractivity contribution in [2.24, 2.45) is 5.14 Å². The molecule has 5 N–H and O–H groups in total. The molecule has 9 heteroatoms. The molecule has 0 unspecified atom stereocenters. The van der Waals surface area contributed by atoms with Gasteiger partial charge in [0.05, 0.1) is 12.4 Å². The summed E-state index contributed by atoms with van der Waals surface area (Å²) in [6.07, 6.45) is 1.69. The third kappa shape index (κ3) is 4.72. The summed E-state index contributed by atoms with van der Waals surface area (Å²) in [7, 11) is -3.43. The van der Waals surface area contributed by atoms with Crippen LogP contribution in [0, 0.1) is 0 Å². The normalized spacial score (nSPS) is 11.2. The zero-order valence-corrected chi connectivity index (χ0v) is 10.9. The zero-order chi connectivity index (χ0) is 13.6. The van der Waals surface area contributed by atoms with Crippen molar-refractivity contribution in [1.29, 1.82) is 0 Å². The molecule has 0 aromatic carbocycles. The lowest BCUT2D eigenvalue weighted by molar-refractivity contribution is 0.328. The minimum absolute atomic E-state index is 0.0939. The molecule has 0 aliphatic heterocycles. The molecule has 1 aromatic heterocycles. The van der Waals surface area contributed by atoms with Crippen molar-refractivity contribution in [2.75, 3.05) is 30.0 Å². The van der Waals surface area contributed by atoms with Crippen LogP contribution in [-0.2, 0) is 10.0 Å². The Balaban J connectivity index is 2.55. The van der Waals surface area contributed by atoms with Gasteiger partial charge in [-0.15, -0.1) is 0 Å². The van der Waals surface area contributed by atoms with Crippen molar-refractivity contribution in [3.63, 3.8) is 0 Å². The monoisotopic (exact) mass is 275 g/mol. The summed E-state index contributed by atoms with van der Waals surface area (Å²) in [5, 5.41) is 7.79. The summed E-state index contributed by atoms with van der Waals surface area (Å²) in [4.78, 5) is 7.83. The number of aromatic nitrogens is 2. The van der Waals surface area contributed by atoms with Gasteiger partial charge >= 0.3 is 0 Å². The van der Waals surface area contributed by atoms with Gasteiger partial charge in [-0.05, 0) is 13.3 Å². The number of ether oxygens (including phenoxy) is 1. The van der Waals surface area contributed by atoms with E-state index in [2.05, 4.69) is 15.3 Å². The Morgan fingerprint density at radius 1 is 1.44 bits per heavy atom. The lowest BCUT2D eigenvalue weighted by Gasteiger charge is -2.10. The summed E-state index contributed by atoms with van der Waals surface area (Å²) in [5.41, 5.74) is 6.08. The fraction of sp³-hybridized carbons (Fsp3) is 0.556. The van der Waals surface area contributed by atoms with Gasteiger partial charge in [0.2, 0.25) is 15.9 Å². The summed E-state index contributed by atoms with van der Waals surface area (Å²) in [6.45, 7) is 2.66. The molecule has 8 nitrogen and oxygen atoms in total. The number of nitrogens with one attached hydrogen (secondary N) is 1. The van der Waals surface area contributed by atoms with Crippen LogP contribution in [-0.4, -0.2) is 37.3 Å². The molecular weight excluding hydrogens is 258 g/mol. The van der Waals surface area contributed by atoms with Crippen molar-refractivity contribution < 1.29 is 13.2 Å². The summed E-state index contributed by atoms with van der Waals surface area (Å²) in [6, 6.07) is 0. The molecule has 0 aliphatic rings. The number of nitrogen functional groups attached to an aromatic ring is 1. The van der Waals surface area contributed by atoms with E-state index in [1.807, 2.05) is 6.92 Å². The van der Waals surface area contributed by atoms with Crippen LogP contribution in [0.15, 0.2) is 6.33 Å². The molecule has 1 heterocycles. The van der Waals surface area contributed by atoms with E-state index < -0.39 is 10.0 Å². The summed E-state index contributed by atoms with van der Waals surface area (Å²) < 4.78 is 26.7. The van der Waals surface area contributed by atoms with Gasteiger partial charge in [-0.2, -0.15) is 4.98 Å². The Morgan fingerprint density at radius 3 is 2.78 bits per heavy atom. The molecule has 0 atom stereocenters. The Morgan fingerprint density at radius 2 is 2.17 bits per heavy atom. The van der Waals surface area contributed by atoms with E-state index in [0.717, 1.165) is 0 Å². The number of nitrogens with two attached hydrogens (primary N) is 2. The Bertz CT molecular complexity index is 491. The van der Waals surface area contributed by atoms with Gasteiger partial charge in [0, 0.05) is 6.54 Å². The van der Waals surface area contributed by atoms with Gasteiger partial charge in [0.25, 0.3) is 0 Å². The predicted molar refractivity (Wildman–Crippen MR) is 68.7 cm³/mol. The molecule has 0 amide bonds. The van der Waals surface area contributed by atoms with E-state index in [1.54, 1.807) is 0 Å². The third-order valence-corrected chi connectivity index (χ3v) is 2.88. The first-order chi connectivity index (χ1) is 8.44. The number of rotatable bonds is 7. The first-order valence-electron chi connectivity index (χ1n) is 5.41. The largest absolute Gasteiger partial charge is 0.476 e. The number of anilines is 2. The van der Waals surface area contributed by atoms with Gasteiger partial charge in [-0.3, -0.25) is 0 Å². The van der Waals surface area contributed by atoms with E-state index in [9.17, 15) is 8.42 Å². The van der Waals surface area contributed by atoms with E-state index >= 15 is 0 Å². The minimum Gasteiger partial charge on any atom is -0.476 e. The lowest BCUT2D eigenvalue weighted by Crippen LogP contribution is -2.19. The van der Waals surface area contributed by atoms with Crippen LogP contribution in [0.3, 0.4) is 0 Å². The van der Waals surface area contributed by atoms with E-state index in [4.69, 9.17) is 15.6 Å². The summed E-state index contributed by atoms with van der Waals surface area (Å²) in [5.74, 6) is 0.632. The van der Waals surface area contributed by atoms with Crippen LogP contribution in [0.2, 0.25) is 0 Å². The Labute approximate surface area is 106 Å². The molecule has 0 saturated carbocycles. The standard InChI is InChI=1S/C9H17N5O3S/c1-2-17-9-7(10)8(13-6-14-9)12-4-3-5-18(11,15)16/h6H,2-5,10H2,1H3,(H2,11,15,16)(H,12,13,14). The van der Waals surface area contributed by atoms with Crippen molar-refractivity contribution in [3.05, 3.63) is 6.33 Å². The average molecular weight is 275 g/mol. The van der Waals surface area contributed by atoms with Gasteiger partial charge in [-0.1, -0.05) is 0 Å². The molecule has 0 radical (unpaired) electrons. The molecule has 0 fully saturated rings. The minimum atomic E-state index is -3.43. The van der Waals surface area contributed by atoms with Crippen LogP contribution in [0.4, 0.5) is 11.5 Å². The maximum Gasteiger partial charge on any atom is 0.242 e. The lowest BCUT2D eigenvalue weighted by atomic mass is 10.4. The molecule has 0 saturated heterocycles. The van der Waals surface area contributed by atoms with E-state index in [-0.39, 0.29) is 5.75 Å². The summed E-state index contributed by atoms with van der Waals surface area (Å²) >= 11 is 0. The van der Waals surface area contributed by atoms with Crippen LogP contribution >= 0.6 is 0 Å². The zero-order valence-electron chi connectivity index (χ0n) is 10.1. The highest BCUT2D eigenvalue weighted by Crippen LogP contribution is 2.24. The van der Waals surface area contributed by atoms with Crippen molar-refractivity contribution in [2.45, 2.75) is 13.3 Å². The maximum absolute atomic E-state index is 10.7. The second kappa shape index (κ2) is 6.36. The number of hydrogen-bond donors (Lipinski definition) is 3. The van der Waals surface area contributed by atoms with E-state index in [0.29, 0.717) is 37.0 Å². The SMILES string of the molecule is CCOc1ncnc(NCCCS(N)(=O)=O)c1N. The molecule has 0 spiro atoms. The second-order valence-corrected chi connectivity index (χ2v) is 5.26. The molecular formula is C9H17N5O3S. The molecule has 18 heavy (non-hydrogen) atoms. The number of primary sulfonamides is 1. The first-order valence-corrected chi connectivity index (χ1v) is 7.13. The second-order valence-electron chi connectivity index (χ2n) is 3.52. The van der Waals surface area contributed by atoms with Gasteiger partial charge in [0.1, 0.15) is 12.0 Å². The van der Waals surface area contributed by atoms with Crippen molar-refractivity contribution in [3.8, 4) is 5.88 Å². The van der Waals surface area contributed by atoms with Crippen LogP contribution < -0.4 is 20.9 Å². The first kappa shape index (κ1) is 14.5. The smallest absolute Gasteiger partial charge is 0.242 e. The Kier molecular flexibility index (Phi) is 5.10. The highest BCUT2D eigenvalue weighted by Gasteiger charge is 2.08. The highest BCUT2D eigenvalue weighted by molar-refractivity contribution is 7.89. The molecule has 102 valence electrons. The highest BCUT2D eigenvalue weighted by atomic mass is 32.2. The average Bonchev–Trinajstić information content (AvgIpc) is 2.28. The van der Waals surface area contributed by atoms with Gasteiger partial charge < -0.3 is 15.8 Å². The quantitative estimate of drug-likeness (QED) is 0.574. The fourth-order valence-electron chi connectivity index (χ4n) is 1.25. The molecule has 0 bridgehead atoms. The van der Waals surface area contributed by atoms with Crippen LogP contribution in [0.1, 0.15) is 13.3 Å². The van der Waals surface area contributed by atoms with Crippen LogP contribution in [0.5, 0.6) is 5.88 Å². The number of sulfonamides is 1. The van der Waals surface area contributed by atoms with Gasteiger partial charge in [-0.25, -0.2) is 18.5 Å². The van der Waals surface area contributed by atoms with Crippen molar-refractivity contribution in [1.82, 2.24) is 9.97 Å². The molecule has 1 aromatic rings. The number of hydrogen-bond acceptors (Lipinski definition) is 7. The fourth-order valence-corrected chi connectivity index (χ4v) is 1.80. The molecule has 1 rings (SSSR count). The molecule has 0 aliphatic carbocycles. The third-order valence-electron chi connectivity index (χ3n) is 2.03. The van der Waals surface area contributed by atoms with Gasteiger partial charge in [0.15, 0.2) is 5.82 Å². The topological polar surface area (TPSA) is 133 Å². The number of nitrogens with zero attached hydrogens (tertiary/aromatic N) is 2. The van der Waals surface area contributed by atoms with Crippen molar-refractivity contribution >= 4 is 21.5 Å². The Hall–Kier alpha value is -1.61. The van der Waals surface area contributed by atoms with Crippen LogP contribution in [0.25, 0.3) is 0 Å². The maximum atomic E-state index is 10.7. The predicted octanol–water partition coefficient (Wildman–Crippen LogP) is -0.452. The van der Waals surface area contributed by atoms with E-state index in [1.165, 1.54) is 6.33 Å².